The molecule has 1 saturated heterocycles. The van der Waals surface area contributed by atoms with E-state index >= 15 is 0 Å². The second-order valence-electron chi connectivity index (χ2n) is 2.57. The molecule has 0 aromatic rings. The Morgan fingerprint density at radius 1 is 1.78 bits per heavy atom. The molecule has 1 rings (SSSR count). The van der Waals surface area contributed by atoms with Crippen LogP contribution in [0.25, 0.3) is 0 Å². The van der Waals surface area contributed by atoms with Gasteiger partial charge in [-0.2, -0.15) is 0 Å². The molecule has 0 aromatic heterocycles. The van der Waals surface area contributed by atoms with Gasteiger partial charge in [0.2, 0.25) is 5.91 Å². The maximum atomic E-state index is 10.9. The molecule has 0 unspecified atom stereocenters. The van der Waals surface area contributed by atoms with E-state index in [0.29, 0.717) is 6.04 Å². The van der Waals surface area contributed by atoms with Crippen LogP contribution in [0.1, 0.15) is 13.3 Å². The molecular formula is C7H11NO. The van der Waals surface area contributed by atoms with Crippen LogP contribution in [0.3, 0.4) is 0 Å². The van der Waals surface area contributed by atoms with Crippen LogP contribution >= 0.6 is 0 Å². The summed E-state index contributed by atoms with van der Waals surface area (Å²) in [5, 5.41) is 0. The molecule has 0 aliphatic carbocycles. The lowest BCUT2D eigenvalue weighted by molar-refractivity contribution is -0.124. The van der Waals surface area contributed by atoms with E-state index in [4.69, 9.17) is 0 Å². The maximum Gasteiger partial charge on any atom is 0.249 e. The number of likely N-dealkylation sites (N-methyl/N-ethyl adjacent to an activating group) is 1. The Labute approximate surface area is 55.2 Å². The summed E-state index contributed by atoms with van der Waals surface area (Å²) in [7, 11) is 1.81. The fraction of sp³-hybridized carbons (Fsp3) is 0.571. The molecule has 1 aliphatic rings. The molecule has 2 nitrogen and oxygen atoms in total. The van der Waals surface area contributed by atoms with E-state index in [1.54, 1.807) is 4.90 Å². The van der Waals surface area contributed by atoms with Crippen LogP contribution in [-0.4, -0.2) is 23.9 Å². The molecule has 2 heteroatoms. The lowest BCUT2D eigenvalue weighted by atomic mass is 10.2. The van der Waals surface area contributed by atoms with Gasteiger partial charge in [-0.1, -0.05) is 6.58 Å². The van der Waals surface area contributed by atoms with Gasteiger partial charge in [-0.25, -0.2) is 0 Å². The minimum absolute atomic E-state index is 0.0995. The quantitative estimate of drug-likeness (QED) is 0.438. The monoisotopic (exact) mass is 125 g/mol. The predicted molar refractivity (Wildman–Crippen MR) is 36.0 cm³/mol. The Morgan fingerprint density at radius 2 is 2.33 bits per heavy atom. The third-order valence-electron chi connectivity index (χ3n) is 1.83. The van der Waals surface area contributed by atoms with Crippen molar-refractivity contribution in [1.29, 1.82) is 0 Å². The summed E-state index contributed by atoms with van der Waals surface area (Å²) in [6.45, 7) is 5.67. The first-order valence-electron chi connectivity index (χ1n) is 3.08. The standard InChI is InChI=1S/C7H11NO/c1-5-4-6(2)8(3)7(5)9/h6H,1,4H2,2-3H3/t6-/m1/s1. The zero-order valence-electron chi connectivity index (χ0n) is 5.85. The van der Waals surface area contributed by atoms with E-state index in [1.807, 2.05) is 14.0 Å². The zero-order valence-corrected chi connectivity index (χ0v) is 5.85. The van der Waals surface area contributed by atoms with E-state index < -0.39 is 0 Å². The number of amides is 1. The van der Waals surface area contributed by atoms with Gasteiger partial charge in [0.15, 0.2) is 0 Å². The molecule has 1 heterocycles. The van der Waals surface area contributed by atoms with Gasteiger partial charge in [-0.3, -0.25) is 4.79 Å². The molecule has 50 valence electrons. The molecular weight excluding hydrogens is 114 g/mol. The first-order chi connectivity index (χ1) is 4.13. The van der Waals surface area contributed by atoms with Gasteiger partial charge in [0.05, 0.1) is 0 Å². The van der Waals surface area contributed by atoms with E-state index in [-0.39, 0.29) is 5.91 Å². The van der Waals surface area contributed by atoms with Crippen LogP contribution in [0.4, 0.5) is 0 Å². The largest absolute Gasteiger partial charge is 0.339 e. The summed E-state index contributed by atoms with van der Waals surface area (Å²) >= 11 is 0. The van der Waals surface area contributed by atoms with Crippen molar-refractivity contribution in [2.45, 2.75) is 19.4 Å². The normalized spacial score (nSPS) is 27.8. The van der Waals surface area contributed by atoms with E-state index in [2.05, 4.69) is 6.58 Å². The lowest BCUT2D eigenvalue weighted by Crippen LogP contribution is -2.25. The van der Waals surface area contributed by atoms with Crippen molar-refractivity contribution in [2.75, 3.05) is 7.05 Å². The van der Waals surface area contributed by atoms with Crippen LogP contribution in [0.15, 0.2) is 12.2 Å². The number of likely N-dealkylation sites (tertiary alicyclic amines) is 1. The average molecular weight is 125 g/mol. The molecule has 0 saturated carbocycles. The maximum absolute atomic E-state index is 10.9. The van der Waals surface area contributed by atoms with Gasteiger partial charge in [0.1, 0.15) is 0 Å². The molecule has 0 radical (unpaired) electrons. The fourth-order valence-electron chi connectivity index (χ4n) is 1.03. The van der Waals surface area contributed by atoms with Gasteiger partial charge >= 0.3 is 0 Å². The Bertz CT molecular complexity index is 162. The van der Waals surface area contributed by atoms with Crippen molar-refractivity contribution in [3.05, 3.63) is 12.2 Å². The summed E-state index contributed by atoms with van der Waals surface area (Å²) in [6.07, 6.45) is 0.829. The lowest BCUT2D eigenvalue weighted by Gasteiger charge is -2.12. The Balaban J connectivity index is 2.77. The van der Waals surface area contributed by atoms with Crippen LogP contribution in [-0.2, 0) is 4.79 Å². The summed E-state index contributed by atoms with van der Waals surface area (Å²) in [6, 6.07) is 0.352. The summed E-state index contributed by atoms with van der Waals surface area (Å²) < 4.78 is 0. The second-order valence-corrected chi connectivity index (χ2v) is 2.57. The first kappa shape index (κ1) is 6.33. The van der Waals surface area contributed by atoms with Crippen molar-refractivity contribution in [1.82, 2.24) is 4.90 Å². The van der Waals surface area contributed by atoms with Gasteiger partial charge in [-0.05, 0) is 13.3 Å². The van der Waals surface area contributed by atoms with Crippen LogP contribution in [0.5, 0.6) is 0 Å². The fourth-order valence-corrected chi connectivity index (χ4v) is 1.03. The highest BCUT2D eigenvalue weighted by atomic mass is 16.2. The second kappa shape index (κ2) is 1.87. The third-order valence-corrected chi connectivity index (χ3v) is 1.83. The predicted octanol–water partition coefficient (Wildman–Crippen LogP) is 0.793. The first-order valence-corrected chi connectivity index (χ1v) is 3.08. The summed E-state index contributed by atoms with van der Waals surface area (Å²) in [5.74, 6) is 0.0995. The molecule has 1 aliphatic heterocycles. The molecule has 0 spiro atoms. The smallest absolute Gasteiger partial charge is 0.249 e. The number of hydrogen-bond acceptors (Lipinski definition) is 1. The summed E-state index contributed by atoms with van der Waals surface area (Å²) in [5.41, 5.74) is 0.741. The highest BCUT2D eigenvalue weighted by Gasteiger charge is 2.26. The van der Waals surface area contributed by atoms with E-state index in [1.165, 1.54) is 0 Å². The number of carbonyl (C=O) groups is 1. The van der Waals surface area contributed by atoms with Gasteiger partial charge in [0.25, 0.3) is 0 Å². The van der Waals surface area contributed by atoms with Gasteiger partial charge in [0, 0.05) is 18.7 Å². The van der Waals surface area contributed by atoms with Crippen LogP contribution in [0, 0.1) is 0 Å². The van der Waals surface area contributed by atoms with Crippen LogP contribution < -0.4 is 0 Å². The Morgan fingerprint density at radius 3 is 2.44 bits per heavy atom. The summed E-state index contributed by atoms with van der Waals surface area (Å²) in [4.78, 5) is 12.7. The van der Waals surface area contributed by atoms with Gasteiger partial charge < -0.3 is 4.90 Å². The number of carbonyl (C=O) groups excluding carboxylic acids is 1. The molecule has 1 fully saturated rings. The van der Waals surface area contributed by atoms with E-state index in [0.717, 1.165) is 12.0 Å². The highest BCUT2D eigenvalue weighted by molar-refractivity contribution is 5.95. The average Bonchev–Trinajstić information content (AvgIpc) is 1.98. The van der Waals surface area contributed by atoms with Crippen molar-refractivity contribution in [2.24, 2.45) is 0 Å². The molecule has 9 heavy (non-hydrogen) atoms. The zero-order chi connectivity index (χ0) is 7.02. The molecule has 0 N–H and O–H groups in total. The SMILES string of the molecule is C=C1C[C@@H](C)N(C)C1=O. The number of nitrogens with zero attached hydrogens (tertiary/aromatic N) is 1. The van der Waals surface area contributed by atoms with Crippen LogP contribution in [0.2, 0.25) is 0 Å². The van der Waals surface area contributed by atoms with Crippen molar-refractivity contribution in [3.63, 3.8) is 0 Å². The van der Waals surface area contributed by atoms with E-state index in [9.17, 15) is 4.79 Å². The van der Waals surface area contributed by atoms with Crippen molar-refractivity contribution in [3.8, 4) is 0 Å². The van der Waals surface area contributed by atoms with Gasteiger partial charge in [-0.15, -0.1) is 0 Å². The topological polar surface area (TPSA) is 20.3 Å². The molecule has 0 bridgehead atoms. The highest BCUT2D eigenvalue weighted by Crippen LogP contribution is 2.19. The minimum atomic E-state index is 0.0995. The number of rotatable bonds is 0. The minimum Gasteiger partial charge on any atom is -0.339 e. The number of hydrogen-bond donors (Lipinski definition) is 0. The Hall–Kier alpha value is -0.790. The van der Waals surface area contributed by atoms with Crippen molar-refractivity contribution < 1.29 is 4.79 Å². The molecule has 1 atom stereocenters. The van der Waals surface area contributed by atoms with Crippen molar-refractivity contribution >= 4 is 5.91 Å². The Kier molecular flexibility index (Phi) is 1.31. The third kappa shape index (κ3) is 0.846. The molecule has 0 aromatic carbocycles. The molecule has 1 amide bonds.